The average Bonchev–Trinajstić information content (AvgIpc) is 2.27. The lowest BCUT2D eigenvalue weighted by molar-refractivity contribution is 0.858. The summed E-state index contributed by atoms with van der Waals surface area (Å²) in [6.07, 6.45) is 0. The quantitative estimate of drug-likeness (QED) is 0.899. The summed E-state index contributed by atoms with van der Waals surface area (Å²) in [6, 6.07) is 8.40. The molecule has 2 rings (SSSR count). The fourth-order valence-electron chi connectivity index (χ4n) is 1.75. The largest absolute Gasteiger partial charge is 0.352 e. The maximum absolute atomic E-state index is 4.47. The third kappa shape index (κ3) is 2.83. The van der Waals surface area contributed by atoms with Gasteiger partial charge in [0.2, 0.25) is 5.95 Å². The first kappa shape index (κ1) is 12.5. The van der Waals surface area contributed by atoms with Gasteiger partial charge < -0.3 is 5.32 Å². The summed E-state index contributed by atoms with van der Waals surface area (Å²) in [7, 11) is 0. The topological polar surface area (TPSA) is 50.7 Å². The van der Waals surface area contributed by atoms with Crippen LogP contribution in [0.2, 0.25) is 0 Å². The highest BCUT2D eigenvalue weighted by molar-refractivity contribution is 5.60. The zero-order chi connectivity index (χ0) is 13.1. The monoisotopic (exact) mass is 242 g/mol. The van der Waals surface area contributed by atoms with Gasteiger partial charge in [0, 0.05) is 11.6 Å². The molecule has 1 N–H and O–H groups in total. The van der Waals surface area contributed by atoms with Crippen molar-refractivity contribution in [1.29, 1.82) is 0 Å². The van der Waals surface area contributed by atoms with Crippen molar-refractivity contribution in [1.82, 2.24) is 15.0 Å². The fraction of sp³-hybridized carbons (Fsp3) is 0.357. The van der Waals surface area contributed by atoms with Gasteiger partial charge in [-0.25, -0.2) is 4.98 Å². The van der Waals surface area contributed by atoms with E-state index in [-0.39, 0.29) is 0 Å². The number of nitrogens with zero attached hydrogens (tertiary/aromatic N) is 3. The summed E-state index contributed by atoms with van der Waals surface area (Å²) >= 11 is 0. The molecule has 0 saturated heterocycles. The normalized spacial score (nSPS) is 10.7. The van der Waals surface area contributed by atoms with Crippen LogP contribution in [0.4, 0.5) is 5.95 Å². The predicted molar refractivity (Wildman–Crippen MR) is 73.5 cm³/mol. The van der Waals surface area contributed by atoms with Gasteiger partial charge in [0.1, 0.15) is 5.82 Å². The van der Waals surface area contributed by atoms with Crippen molar-refractivity contribution in [2.75, 3.05) is 5.32 Å². The van der Waals surface area contributed by atoms with E-state index in [0.29, 0.717) is 12.0 Å². The molecule has 0 aliphatic carbocycles. The molecule has 0 spiro atoms. The SMILES string of the molecule is Cc1nc(NC(C)C)nc(-c2ccccc2C)n1. The Morgan fingerprint density at radius 3 is 2.39 bits per heavy atom. The van der Waals surface area contributed by atoms with Crippen molar-refractivity contribution < 1.29 is 0 Å². The molecule has 4 nitrogen and oxygen atoms in total. The Labute approximate surface area is 108 Å². The molecule has 0 bridgehead atoms. The summed E-state index contributed by atoms with van der Waals surface area (Å²) in [5, 5.41) is 3.21. The number of hydrogen-bond acceptors (Lipinski definition) is 4. The summed E-state index contributed by atoms with van der Waals surface area (Å²) in [5.74, 6) is 2.09. The van der Waals surface area contributed by atoms with Crippen LogP contribution >= 0.6 is 0 Å². The first-order valence-electron chi connectivity index (χ1n) is 6.11. The molecule has 0 unspecified atom stereocenters. The summed E-state index contributed by atoms with van der Waals surface area (Å²) in [6.45, 7) is 8.07. The lowest BCUT2D eigenvalue weighted by Crippen LogP contribution is -2.14. The average molecular weight is 242 g/mol. The Bertz CT molecular complexity index is 549. The highest BCUT2D eigenvalue weighted by atomic mass is 15.2. The lowest BCUT2D eigenvalue weighted by atomic mass is 10.1. The molecule has 0 atom stereocenters. The Morgan fingerprint density at radius 1 is 1.00 bits per heavy atom. The molecule has 2 aromatic rings. The first-order chi connectivity index (χ1) is 8.56. The molecular weight excluding hydrogens is 224 g/mol. The third-order valence-electron chi connectivity index (χ3n) is 2.55. The van der Waals surface area contributed by atoms with E-state index in [1.54, 1.807) is 0 Å². The van der Waals surface area contributed by atoms with Crippen LogP contribution in [-0.2, 0) is 0 Å². The van der Waals surface area contributed by atoms with Crippen LogP contribution in [0.1, 0.15) is 25.2 Å². The number of rotatable bonds is 3. The van der Waals surface area contributed by atoms with Gasteiger partial charge in [0.15, 0.2) is 5.82 Å². The van der Waals surface area contributed by atoms with Crippen molar-refractivity contribution in [3.8, 4) is 11.4 Å². The lowest BCUT2D eigenvalue weighted by Gasteiger charge is -2.10. The van der Waals surface area contributed by atoms with Gasteiger partial charge in [-0.2, -0.15) is 9.97 Å². The van der Waals surface area contributed by atoms with Crippen LogP contribution in [0.25, 0.3) is 11.4 Å². The molecule has 18 heavy (non-hydrogen) atoms. The highest BCUT2D eigenvalue weighted by Gasteiger charge is 2.08. The van der Waals surface area contributed by atoms with Gasteiger partial charge >= 0.3 is 0 Å². The van der Waals surface area contributed by atoms with Crippen LogP contribution in [0.3, 0.4) is 0 Å². The second-order valence-electron chi connectivity index (χ2n) is 4.64. The number of anilines is 1. The molecule has 0 amide bonds. The second kappa shape index (κ2) is 5.12. The van der Waals surface area contributed by atoms with E-state index in [2.05, 4.69) is 47.1 Å². The molecule has 1 aromatic carbocycles. The van der Waals surface area contributed by atoms with Gasteiger partial charge in [-0.3, -0.25) is 0 Å². The van der Waals surface area contributed by atoms with E-state index in [1.807, 2.05) is 25.1 Å². The molecule has 0 aliphatic heterocycles. The zero-order valence-corrected chi connectivity index (χ0v) is 11.2. The number of benzene rings is 1. The van der Waals surface area contributed by atoms with Crippen molar-refractivity contribution in [2.45, 2.75) is 33.7 Å². The van der Waals surface area contributed by atoms with Gasteiger partial charge in [-0.05, 0) is 33.3 Å². The molecule has 1 aromatic heterocycles. The third-order valence-corrected chi connectivity index (χ3v) is 2.55. The minimum atomic E-state index is 0.302. The van der Waals surface area contributed by atoms with Crippen molar-refractivity contribution in [2.24, 2.45) is 0 Å². The van der Waals surface area contributed by atoms with E-state index < -0.39 is 0 Å². The van der Waals surface area contributed by atoms with Crippen molar-refractivity contribution in [3.63, 3.8) is 0 Å². The molecule has 94 valence electrons. The van der Waals surface area contributed by atoms with Gasteiger partial charge in [0.05, 0.1) is 0 Å². The Balaban J connectivity index is 2.45. The maximum Gasteiger partial charge on any atom is 0.226 e. The molecule has 0 saturated carbocycles. The smallest absolute Gasteiger partial charge is 0.226 e. The van der Waals surface area contributed by atoms with Crippen LogP contribution in [-0.4, -0.2) is 21.0 Å². The van der Waals surface area contributed by atoms with E-state index in [9.17, 15) is 0 Å². The van der Waals surface area contributed by atoms with Gasteiger partial charge in [-0.1, -0.05) is 24.3 Å². The Hall–Kier alpha value is -1.97. The van der Waals surface area contributed by atoms with Crippen LogP contribution in [0, 0.1) is 13.8 Å². The summed E-state index contributed by atoms with van der Waals surface area (Å²) in [4.78, 5) is 13.2. The minimum Gasteiger partial charge on any atom is -0.352 e. The number of nitrogens with one attached hydrogen (secondary N) is 1. The molecule has 4 heteroatoms. The number of hydrogen-bond donors (Lipinski definition) is 1. The van der Waals surface area contributed by atoms with Crippen LogP contribution < -0.4 is 5.32 Å². The zero-order valence-electron chi connectivity index (χ0n) is 11.2. The molecule has 0 radical (unpaired) electrons. The molecule has 0 aliphatic rings. The van der Waals surface area contributed by atoms with E-state index >= 15 is 0 Å². The maximum atomic E-state index is 4.47. The highest BCUT2D eigenvalue weighted by Crippen LogP contribution is 2.20. The van der Waals surface area contributed by atoms with E-state index in [4.69, 9.17) is 0 Å². The number of aromatic nitrogens is 3. The molecule has 0 fully saturated rings. The first-order valence-corrected chi connectivity index (χ1v) is 6.11. The summed E-state index contributed by atoms with van der Waals surface area (Å²) < 4.78 is 0. The Kier molecular flexibility index (Phi) is 3.55. The van der Waals surface area contributed by atoms with Crippen molar-refractivity contribution >= 4 is 5.95 Å². The fourth-order valence-corrected chi connectivity index (χ4v) is 1.75. The predicted octanol–water partition coefficient (Wildman–Crippen LogP) is 2.98. The van der Waals surface area contributed by atoms with Crippen LogP contribution in [0.5, 0.6) is 0 Å². The van der Waals surface area contributed by atoms with E-state index in [1.165, 1.54) is 5.56 Å². The summed E-state index contributed by atoms with van der Waals surface area (Å²) in [5.41, 5.74) is 2.22. The second-order valence-corrected chi connectivity index (χ2v) is 4.64. The standard InChI is InChI=1S/C14H18N4/c1-9(2)15-14-17-11(4)16-13(18-14)12-8-6-5-7-10(12)3/h5-9H,1-4H3,(H,15,16,17,18). The molecular formula is C14H18N4. The molecule has 1 heterocycles. The van der Waals surface area contributed by atoms with Gasteiger partial charge in [0.25, 0.3) is 0 Å². The van der Waals surface area contributed by atoms with E-state index in [0.717, 1.165) is 17.2 Å². The minimum absolute atomic E-state index is 0.302. The Morgan fingerprint density at radius 2 is 1.72 bits per heavy atom. The van der Waals surface area contributed by atoms with Crippen molar-refractivity contribution in [3.05, 3.63) is 35.7 Å². The number of aryl methyl sites for hydroxylation is 2. The van der Waals surface area contributed by atoms with Gasteiger partial charge in [-0.15, -0.1) is 0 Å². The van der Waals surface area contributed by atoms with Crippen LogP contribution in [0.15, 0.2) is 24.3 Å².